The van der Waals surface area contributed by atoms with E-state index in [9.17, 15) is 18.9 Å². The molecule has 84 valence electrons. The third kappa shape index (κ3) is 3.00. The zero-order valence-electron chi connectivity index (χ0n) is 7.97. The molecule has 0 heterocycles. The summed E-state index contributed by atoms with van der Waals surface area (Å²) < 4.78 is 26.1. The maximum Gasteiger partial charge on any atom is 0.306 e. The molecule has 3 nitrogen and oxygen atoms in total. The van der Waals surface area contributed by atoms with Crippen molar-refractivity contribution in [2.24, 2.45) is 0 Å². The van der Waals surface area contributed by atoms with E-state index in [4.69, 9.17) is 0 Å². The topological polar surface area (TPSA) is 43.1 Å². The molecular formula is C10H6BrF2NO2. The van der Waals surface area contributed by atoms with E-state index in [0.717, 1.165) is 6.07 Å². The lowest BCUT2D eigenvalue weighted by atomic mass is 10.2. The van der Waals surface area contributed by atoms with Crippen LogP contribution in [0.1, 0.15) is 12.0 Å². The minimum absolute atomic E-state index is 0.172. The average molecular weight is 290 g/mol. The summed E-state index contributed by atoms with van der Waals surface area (Å²) >= 11 is 3.13. The van der Waals surface area contributed by atoms with Crippen molar-refractivity contribution in [3.63, 3.8) is 0 Å². The molecule has 1 aromatic rings. The lowest BCUT2D eigenvalue weighted by Gasteiger charge is -1.96. The van der Waals surface area contributed by atoms with Crippen molar-refractivity contribution in [2.45, 2.75) is 6.42 Å². The Morgan fingerprint density at radius 2 is 2.06 bits per heavy atom. The van der Waals surface area contributed by atoms with Gasteiger partial charge in [0.25, 0.3) is 0 Å². The average Bonchev–Trinajstić information content (AvgIpc) is 2.21. The molecule has 0 saturated carbocycles. The minimum atomic E-state index is -1.20. The number of benzene rings is 1. The second-order valence-electron chi connectivity index (χ2n) is 2.78. The second-order valence-corrected chi connectivity index (χ2v) is 3.57. The number of nitro groups is 1. The van der Waals surface area contributed by atoms with Crippen molar-refractivity contribution in [1.29, 1.82) is 0 Å². The zero-order valence-corrected chi connectivity index (χ0v) is 9.55. The molecule has 0 aliphatic rings. The van der Waals surface area contributed by atoms with Gasteiger partial charge in [-0.3, -0.25) is 10.1 Å². The molecule has 16 heavy (non-hydrogen) atoms. The Labute approximate surface area is 98.7 Å². The Morgan fingerprint density at radius 1 is 1.38 bits per heavy atom. The largest absolute Gasteiger partial charge is 0.306 e. The van der Waals surface area contributed by atoms with Gasteiger partial charge in [-0.15, -0.1) is 0 Å². The van der Waals surface area contributed by atoms with Gasteiger partial charge in [-0.1, -0.05) is 27.8 Å². The van der Waals surface area contributed by atoms with E-state index in [2.05, 4.69) is 27.8 Å². The Morgan fingerprint density at radius 3 is 2.62 bits per heavy atom. The first-order valence-electron chi connectivity index (χ1n) is 4.24. The molecule has 0 spiro atoms. The normalized spacial score (nSPS) is 9.44. The van der Waals surface area contributed by atoms with Crippen molar-refractivity contribution >= 4 is 21.6 Å². The smallest absolute Gasteiger partial charge is 0.258 e. The van der Waals surface area contributed by atoms with Crippen LogP contribution in [0.2, 0.25) is 0 Å². The van der Waals surface area contributed by atoms with Crippen molar-refractivity contribution in [2.75, 3.05) is 5.33 Å². The summed E-state index contributed by atoms with van der Waals surface area (Å²) in [6, 6.07) is 1.27. The summed E-state index contributed by atoms with van der Waals surface area (Å²) in [5, 5.41) is 11.0. The highest BCUT2D eigenvalue weighted by molar-refractivity contribution is 9.09. The maximum absolute atomic E-state index is 13.1. The molecule has 0 aliphatic heterocycles. The van der Waals surface area contributed by atoms with E-state index in [1.54, 1.807) is 0 Å². The van der Waals surface area contributed by atoms with Crippen LogP contribution in [0, 0.1) is 33.6 Å². The predicted octanol–water partition coefficient (Wildman–Crippen LogP) is 3.01. The molecule has 0 amide bonds. The molecule has 0 unspecified atom stereocenters. The second kappa shape index (κ2) is 5.56. The molecule has 0 bridgehead atoms. The molecule has 0 N–H and O–H groups in total. The highest BCUT2D eigenvalue weighted by Crippen LogP contribution is 2.20. The number of hydrogen-bond acceptors (Lipinski definition) is 2. The molecule has 1 rings (SSSR count). The molecule has 6 heteroatoms. The van der Waals surface area contributed by atoms with Gasteiger partial charge in [-0.25, -0.2) is 4.39 Å². The summed E-state index contributed by atoms with van der Waals surface area (Å²) in [6.45, 7) is 0. The van der Waals surface area contributed by atoms with Crippen LogP contribution in [0.25, 0.3) is 0 Å². The van der Waals surface area contributed by atoms with E-state index in [0.29, 0.717) is 17.8 Å². The van der Waals surface area contributed by atoms with E-state index < -0.39 is 22.2 Å². The van der Waals surface area contributed by atoms with Crippen LogP contribution in [0.4, 0.5) is 14.5 Å². The van der Waals surface area contributed by atoms with Crippen LogP contribution in [-0.2, 0) is 0 Å². The zero-order chi connectivity index (χ0) is 12.1. The quantitative estimate of drug-likeness (QED) is 0.364. The van der Waals surface area contributed by atoms with Crippen LogP contribution >= 0.6 is 15.9 Å². The summed E-state index contributed by atoms with van der Waals surface area (Å²) in [4.78, 5) is 9.49. The van der Waals surface area contributed by atoms with Gasteiger partial charge < -0.3 is 0 Å². The van der Waals surface area contributed by atoms with Gasteiger partial charge in [0.2, 0.25) is 5.82 Å². The summed E-state index contributed by atoms with van der Waals surface area (Å²) in [5.74, 6) is 2.91. The summed E-state index contributed by atoms with van der Waals surface area (Å²) in [5.41, 5.74) is -0.946. The molecule has 0 saturated heterocycles. The molecule has 0 atom stereocenters. The fourth-order valence-electron chi connectivity index (χ4n) is 0.978. The van der Waals surface area contributed by atoms with Gasteiger partial charge in [0.1, 0.15) is 5.82 Å². The van der Waals surface area contributed by atoms with Gasteiger partial charge in [-0.2, -0.15) is 4.39 Å². The van der Waals surface area contributed by atoms with Crippen molar-refractivity contribution in [1.82, 2.24) is 0 Å². The van der Waals surface area contributed by atoms with E-state index in [1.807, 2.05) is 0 Å². The fourth-order valence-corrected chi connectivity index (χ4v) is 1.18. The maximum atomic E-state index is 13.1. The van der Waals surface area contributed by atoms with Gasteiger partial charge in [-0.05, 0) is 0 Å². The SMILES string of the molecule is O=[N+]([O-])c1cc(C#CCCBr)c(F)cc1F. The van der Waals surface area contributed by atoms with E-state index >= 15 is 0 Å². The first kappa shape index (κ1) is 12.6. The molecule has 1 aromatic carbocycles. The number of nitro benzene ring substituents is 1. The summed E-state index contributed by atoms with van der Waals surface area (Å²) in [6.07, 6.45) is 0.477. The van der Waals surface area contributed by atoms with Crippen LogP contribution in [0.15, 0.2) is 12.1 Å². The van der Waals surface area contributed by atoms with Gasteiger partial charge in [0.15, 0.2) is 0 Å². The minimum Gasteiger partial charge on any atom is -0.258 e. The number of nitrogens with zero attached hydrogens (tertiary/aromatic N) is 1. The van der Waals surface area contributed by atoms with Crippen molar-refractivity contribution < 1.29 is 13.7 Å². The Bertz CT molecular complexity index is 480. The van der Waals surface area contributed by atoms with Crippen LogP contribution < -0.4 is 0 Å². The molecule has 0 fully saturated rings. The monoisotopic (exact) mass is 289 g/mol. The summed E-state index contributed by atoms with van der Waals surface area (Å²) in [7, 11) is 0. The lowest BCUT2D eigenvalue weighted by molar-refractivity contribution is -0.387. The van der Waals surface area contributed by atoms with Crippen LogP contribution in [0.3, 0.4) is 0 Å². The number of rotatable bonds is 2. The standard InChI is InChI=1S/C10H6BrF2NO2/c11-4-2-1-3-7-5-10(14(15)16)9(13)6-8(7)12/h5-6H,2,4H2. The number of halogens is 3. The fraction of sp³-hybridized carbons (Fsp3) is 0.200. The number of alkyl halides is 1. The first-order valence-corrected chi connectivity index (χ1v) is 5.36. The molecule has 0 radical (unpaired) electrons. The van der Waals surface area contributed by atoms with E-state index in [-0.39, 0.29) is 5.56 Å². The molecule has 0 aromatic heterocycles. The van der Waals surface area contributed by atoms with Gasteiger partial charge in [0.05, 0.1) is 10.5 Å². The lowest BCUT2D eigenvalue weighted by Crippen LogP contribution is -1.96. The van der Waals surface area contributed by atoms with E-state index in [1.165, 1.54) is 0 Å². The highest BCUT2D eigenvalue weighted by Gasteiger charge is 2.17. The predicted molar refractivity (Wildman–Crippen MR) is 58.3 cm³/mol. The molecular weight excluding hydrogens is 284 g/mol. The Kier molecular flexibility index (Phi) is 4.38. The third-order valence-corrected chi connectivity index (χ3v) is 2.07. The Hall–Kier alpha value is -1.48. The number of hydrogen-bond donors (Lipinski definition) is 0. The van der Waals surface area contributed by atoms with Gasteiger partial charge >= 0.3 is 5.69 Å². The van der Waals surface area contributed by atoms with Crippen molar-refractivity contribution in [3.05, 3.63) is 39.4 Å². The third-order valence-electron chi connectivity index (χ3n) is 1.68. The van der Waals surface area contributed by atoms with Crippen LogP contribution in [0.5, 0.6) is 0 Å². The van der Waals surface area contributed by atoms with Crippen LogP contribution in [-0.4, -0.2) is 10.3 Å². The first-order chi connectivity index (χ1) is 7.56. The van der Waals surface area contributed by atoms with Gasteiger partial charge in [0, 0.05) is 23.9 Å². The highest BCUT2D eigenvalue weighted by atomic mass is 79.9. The molecule has 0 aliphatic carbocycles. The van der Waals surface area contributed by atoms with Crippen molar-refractivity contribution in [3.8, 4) is 11.8 Å². The Balaban J connectivity index is 3.16.